The Bertz CT molecular complexity index is 785. The number of rotatable bonds is 1. The summed E-state index contributed by atoms with van der Waals surface area (Å²) in [5.41, 5.74) is 6.22. The van der Waals surface area contributed by atoms with Crippen LogP contribution < -0.4 is 0 Å². The van der Waals surface area contributed by atoms with Crippen LogP contribution in [0.15, 0.2) is 34.7 Å². The second-order valence-corrected chi connectivity index (χ2v) is 7.05. The summed E-state index contributed by atoms with van der Waals surface area (Å²) in [6.07, 6.45) is 1.07. The van der Waals surface area contributed by atoms with Gasteiger partial charge in [-0.15, -0.1) is 0 Å². The molecule has 3 aromatic rings. The van der Waals surface area contributed by atoms with E-state index in [1.807, 2.05) is 0 Å². The van der Waals surface area contributed by atoms with E-state index in [0.29, 0.717) is 5.41 Å². The van der Waals surface area contributed by atoms with Crippen molar-refractivity contribution in [2.45, 2.75) is 41.0 Å². The van der Waals surface area contributed by atoms with Crippen LogP contribution >= 0.6 is 0 Å². The molecule has 1 aromatic heterocycles. The summed E-state index contributed by atoms with van der Waals surface area (Å²) in [6, 6.07) is 11.0. The third-order valence-corrected chi connectivity index (χ3v) is 3.96. The third kappa shape index (κ3) is 2.22. The Kier molecular flexibility index (Phi) is 2.89. The molecule has 104 valence electrons. The fourth-order valence-electron chi connectivity index (χ4n) is 2.84. The van der Waals surface area contributed by atoms with E-state index in [-0.39, 0.29) is 0 Å². The Morgan fingerprint density at radius 3 is 2.35 bits per heavy atom. The zero-order chi connectivity index (χ0) is 14.5. The molecule has 0 fully saturated rings. The highest BCUT2D eigenvalue weighted by Gasteiger charge is 2.14. The van der Waals surface area contributed by atoms with Crippen molar-refractivity contribution in [3.63, 3.8) is 0 Å². The molecule has 0 unspecified atom stereocenters. The maximum absolute atomic E-state index is 6.12. The van der Waals surface area contributed by atoms with Crippen LogP contribution in [0.2, 0.25) is 0 Å². The Hall–Kier alpha value is -1.76. The number of aryl methyl sites for hydroxylation is 2. The molecule has 0 aliphatic heterocycles. The van der Waals surface area contributed by atoms with Gasteiger partial charge in [0.05, 0.1) is 0 Å². The highest BCUT2D eigenvalue weighted by Crippen LogP contribution is 2.33. The molecule has 1 heterocycles. The molecule has 3 rings (SSSR count). The minimum atomic E-state index is 0.298. The van der Waals surface area contributed by atoms with Crippen molar-refractivity contribution in [1.29, 1.82) is 0 Å². The van der Waals surface area contributed by atoms with Gasteiger partial charge in [-0.25, -0.2) is 0 Å². The molecule has 0 saturated heterocycles. The summed E-state index contributed by atoms with van der Waals surface area (Å²) in [6.45, 7) is 11.1. The Morgan fingerprint density at radius 1 is 0.950 bits per heavy atom. The smallest absolute Gasteiger partial charge is 0.138 e. The first-order valence-electron chi connectivity index (χ1n) is 7.26. The van der Waals surface area contributed by atoms with E-state index in [2.05, 4.69) is 65.0 Å². The second-order valence-electron chi connectivity index (χ2n) is 7.05. The average molecular weight is 266 g/mol. The Morgan fingerprint density at radius 2 is 1.65 bits per heavy atom. The van der Waals surface area contributed by atoms with Crippen LogP contribution in [0.4, 0.5) is 0 Å². The molecule has 0 N–H and O–H groups in total. The first-order chi connectivity index (χ1) is 9.35. The van der Waals surface area contributed by atoms with E-state index in [4.69, 9.17) is 4.42 Å². The SMILES string of the molecule is Cc1ccc2c(oc3cc(CC(C)(C)C)ccc32)c1C. The maximum atomic E-state index is 6.12. The van der Waals surface area contributed by atoms with Gasteiger partial charge < -0.3 is 4.42 Å². The van der Waals surface area contributed by atoms with Crippen molar-refractivity contribution in [2.24, 2.45) is 5.41 Å². The van der Waals surface area contributed by atoms with Gasteiger partial charge in [0.25, 0.3) is 0 Å². The van der Waals surface area contributed by atoms with Crippen molar-refractivity contribution in [1.82, 2.24) is 0 Å². The first-order valence-corrected chi connectivity index (χ1v) is 7.26. The van der Waals surface area contributed by atoms with E-state index in [0.717, 1.165) is 17.6 Å². The molecule has 0 radical (unpaired) electrons. The van der Waals surface area contributed by atoms with Gasteiger partial charge in [-0.2, -0.15) is 0 Å². The van der Waals surface area contributed by atoms with Gasteiger partial charge >= 0.3 is 0 Å². The van der Waals surface area contributed by atoms with Gasteiger partial charge in [0.2, 0.25) is 0 Å². The van der Waals surface area contributed by atoms with Crippen molar-refractivity contribution in [3.05, 3.63) is 47.0 Å². The predicted octanol–water partition coefficient (Wildman–Crippen LogP) is 5.79. The maximum Gasteiger partial charge on any atom is 0.138 e. The number of hydrogen-bond donors (Lipinski definition) is 0. The van der Waals surface area contributed by atoms with E-state index in [9.17, 15) is 0 Å². The van der Waals surface area contributed by atoms with Gasteiger partial charge in [0.15, 0.2) is 0 Å². The summed E-state index contributed by atoms with van der Waals surface area (Å²) in [4.78, 5) is 0. The number of benzene rings is 2. The van der Waals surface area contributed by atoms with Gasteiger partial charge in [0, 0.05) is 10.8 Å². The number of fused-ring (bicyclic) bond motifs is 3. The molecule has 0 bridgehead atoms. The lowest BCUT2D eigenvalue weighted by Crippen LogP contribution is -2.08. The molecule has 0 aliphatic carbocycles. The summed E-state index contributed by atoms with van der Waals surface area (Å²) in [7, 11) is 0. The third-order valence-electron chi connectivity index (χ3n) is 3.96. The van der Waals surface area contributed by atoms with Gasteiger partial charge in [-0.1, -0.05) is 45.0 Å². The quantitative estimate of drug-likeness (QED) is 0.543. The topological polar surface area (TPSA) is 13.1 Å². The monoisotopic (exact) mass is 266 g/mol. The van der Waals surface area contributed by atoms with E-state index in [1.54, 1.807) is 0 Å². The van der Waals surface area contributed by atoms with E-state index < -0.39 is 0 Å². The Labute approximate surface area is 120 Å². The van der Waals surface area contributed by atoms with Crippen LogP contribution in [0.25, 0.3) is 21.9 Å². The molecule has 1 nitrogen and oxygen atoms in total. The molecule has 0 saturated carbocycles. The van der Waals surface area contributed by atoms with Gasteiger partial charge in [-0.05, 0) is 48.4 Å². The molecule has 1 heteroatoms. The first kappa shape index (κ1) is 13.2. The zero-order valence-electron chi connectivity index (χ0n) is 13.0. The largest absolute Gasteiger partial charge is 0.456 e. The van der Waals surface area contributed by atoms with Crippen LogP contribution in [-0.2, 0) is 6.42 Å². The fourth-order valence-corrected chi connectivity index (χ4v) is 2.84. The van der Waals surface area contributed by atoms with Gasteiger partial charge in [0.1, 0.15) is 11.2 Å². The lowest BCUT2D eigenvalue weighted by molar-refractivity contribution is 0.411. The lowest BCUT2D eigenvalue weighted by atomic mass is 9.88. The molecule has 20 heavy (non-hydrogen) atoms. The standard InChI is InChI=1S/C19H22O/c1-12-6-8-16-15-9-7-14(11-19(3,4)5)10-17(15)20-18(16)13(12)2/h6-10H,11H2,1-5H3. The molecular weight excluding hydrogens is 244 g/mol. The lowest BCUT2D eigenvalue weighted by Gasteiger charge is -2.17. The highest BCUT2D eigenvalue weighted by molar-refractivity contribution is 6.06. The average Bonchev–Trinajstić information content (AvgIpc) is 2.70. The van der Waals surface area contributed by atoms with Crippen LogP contribution in [0, 0.1) is 19.3 Å². The molecule has 0 spiro atoms. The predicted molar refractivity (Wildman–Crippen MR) is 86.4 cm³/mol. The molecule has 0 aliphatic rings. The van der Waals surface area contributed by atoms with Crippen LogP contribution in [0.1, 0.15) is 37.5 Å². The summed E-state index contributed by atoms with van der Waals surface area (Å²) in [5.74, 6) is 0. The van der Waals surface area contributed by atoms with Crippen molar-refractivity contribution in [2.75, 3.05) is 0 Å². The van der Waals surface area contributed by atoms with Crippen LogP contribution in [-0.4, -0.2) is 0 Å². The number of hydrogen-bond acceptors (Lipinski definition) is 1. The molecular formula is C19H22O. The fraction of sp³-hybridized carbons (Fsp3) is 0.368. The minimum Gasteiger partial charge on any atom is -0.456 e. The van der Waals surface area contributed by atoms with Crippen molar-refractivity contribution in [3.8, 4) is 0 Å². The van der Waals surface area contributed by atoms with Crippen molar-refractivity contribution >= 4 is 21.9 Å². The van der Waals surface area contributed by atoms with Crippen LogP contribution in [0.5, 0.6) is 0 Å². The van der Waals surface area contributed by atoms with E-state index >= 15 is 0 Å². The summed E-state index contributed by atoms with van der Waals surface area (Å²) < 4.78 is 6.12. The Balaban J connectivity index is 2.21. The molecule has 0 amide bonds. The van der Waals surface area contributed by atoms with Gasteiger partial charge in [-0.3, -0.25) is 0 Å². The van der Waals surface area contributed by atoms with E-state index in [1.165, 1.54) is 27.5 Å². The molecule has 2 aromatic carbocycles. The van der Waals surface area contributed by atoms with Crippen molar-refractivity contribution < 1.29 is 4.42 Å². The number of furan rings is 1. The highest BCUT2D eigenvalue weighted by atomic mass is 16.3. The second kappa shape index (κ2) is 4.37. The molecule has 0 atom stereocenters. The zero-order valence-corrected chi connectivity index (χ0v) is 13.0. The summed E-state index contributed by atoms with van der Waals surface area (Å²) in [5, 5.41) is 2.45. The minimum absolute atomic E-state index is 0.298. The van der Waals surface area contributed by atoms with Crippen LogP contribution in [0.3, 0.4) is 0 Å². The summed E-state index contributed by atoms with van der Waals surface area (Å²) >= 11 is 0. The normalized spacial score (nSPS) is 12.4.